The number of aromatic nitrogens is 2. The largest absolute Gasteiger partial charge is 0.331 e. The maximum Gasteiger partial charge on any atom is 0.331 e. The van der Waals surface area contributed by atoms with Gasteiger partial charge in [-0.1, -0.05) is 36.4 Å². The number of carbonyl (C=O) groups is 10. The second kappa shape index (κ2) is 34.7. The van der Waals surface area contributed by atoms with Gasteiger partial charge in [-0.3, -0.25) is 29.0 Å². The Morgan fingerprint density at radius 1 is 0.291 bits per heavy atom. The molecule has 10 N–H and O–H groups in total. The molecule has 0 fully saturated rings. The number of nitrogens with zero attached hydrogens (tertiary/aromatic N) is 7. The van der Waals surface area contributed by atoms with Crippen LogP contribution < -0.4 is 50.2 Å². The molecular formula is C94H88FN17O15S7. The van der Waals surface area contributed by atoms with Crippen molar-refractivity contribution < 1.29 is 73.4 Å². The highest BCUT2D eigenvalue weighted by molar-refractivity contribution is 7.94. The molecule has 134 heavy (non-hydrogen) atoms. The number of urea groups is 5. The number of fused-ring (bicyclic) bond motifs is 15. The first-order valence-electron chi connectivity index (χ1n) is 44.8. The third-order valence-electron chi connectivity index (χ3n) is 27.1. The average molecular weight is 1940 g/mol. The summed E-state index contributed by atoms with van der Waals surface area (Å²) in [5, 5.41) is 17.9. The van der Waals surface area contributed by atoms with Crippen molar-refractivity contribution >= 4 is 160 Å². The highest BCUT2D eigenvalue weighted by atomic mass is 32.2. The van der Waals surface area contributed by atoms with Gasteiger partial charge in [0, 0.05) is 47.0 Å². The molecule has 688 valence electrons. The number of benzene rings is 6. The summed E-state index contributed by atoms with van der Waals surface area (Å²) in [5.41, 5.74) is 27.6. The van der Waals surface area contributed by atoms with Crippen LogP contribution >= 0.6 is 22.7 Å². The molecule has 5 atom stereocenters. The van der Waals surface area contributed by atoms with Gasteiger partial charge in [-0.05, 0) is 357 Å². The molecule has 6 aromatic carbocycles. The summed E-state index contributed by atoms with van der Waals surface area (Å²) in [6, 6.07) is 20.2. The maximum atomic E-state index is 14.8. The van der Waals surface area contributed by atoms with E-state index in [2.05, 4.69) is 106 Å². The van der Waals surface area contributed by atoms with Crippen LogP contribution in [0, 0.1) is 5.82 Å². The van der Waals surface area contributed by atoms with Gasteiger partial charge in [0.25, 0.3) is 23.6 Å². The van der Waals surface area contributed by atoms with Crippen molar-refractivity contribution in [3.63, 3.8) is 0 Å². The van der Waals surface area contributed by atoms with Crippen molar-refractivity contribution in [2.24, 2.45) is 21.8 Å². The van der Waals surface area contributed by atoms with Crippen LogP contribution in [0.2, 0.25) is 0 Å². The number of hydrogen-bond acceptors (Lipinski definition) is 19. The second-order valence-electron chi connectivity index (χ2n) is 35.1. The highest BCUT2D eigenvalue weighted by Crippen LogP contribution is 2.47. The van der Waals surface area contributed by atoms with Gasteiger partial charge in [-0.15, -0.1) is 44.5 Å². The third-order valence-corrected chi connectivity index (χ3v) is 38.3. The molecule has 0 bridgehead atoms. The van der Waals surface area contributed by atoms with Crippen molar-refractivity contribution in [2.45, 2.75) is 217 Å². The van der Waals surface area contributed by atoms with Crippen LogP contribution in [0.15, 0.2) is 155 Å². The number of carbonyl (C=O) groups excluding carboxylic acids is 10. The van der Waals surface area contributed by atoms with Crippen LogP contribution in [-0.4, -0.2) is 90.7 Å². The SMILES string of the molecule is O=C(Nc1c2c(c(F)c3c1CCC3)CCC2)NS1(=O)=NC(=O)c2ccccc21.O=C(Nc1c2c(cc3c1CCC3)CCC2)NS1(=O)=NC(=O)c2ccncc21.O=C(Nc1c2c(cc3c1CCC3)CCC2)NS1(=O)=NC(=O)c2ncccc21.O=C(Nc1c2c(cc3c1CCC3)CCC2)NS1(=O)=NC(=O)c2sccc21.O=C(Nc1c2c(cc3c1CCC3)CCC2)NS1(=O)=NC(=O)c2sccc21. The number of amides is 15. The highest BCUT2D eigenvalue weighted by Gasteiger charge is 2.41. The van der Waals surface area contributed by atoms with E-state index in [4.69, 9.17) is 0 Å². The molecule has 0 radical (unpaired) electrons. The molecular weight excluding hydrogens is 1850 g/mol. The van der Waals surface area contributed by atoms with Crippen LogP contribution in [0.4, 0.5) is 56.8 Å². The summed E-state index contributed by atoms with van der Waals surface area (Å²) in [5.74, 6) is -3.05. The van der Waals surface area contributed by atoms with E-state index in [0.717, 1.165) is 201 Å². The molecule has 9 heterocycles. The van der Waals surface area contributed by atoms with Crippen LogP contribution in [0.1, 0.15) is 226 Å². The maximum absolute atomic E-state index is 14.8. The summed E-state index contributed by atoms with van der Waals surface area (Å²) >= 11 is 2.38. The number of aryl methyl sites for hydroxylation is 8. The Bertz CT molecular complexity index is 7190. The molecule has 10 aliphatic carbocycles. The van der Waals surface area contributed by atoms with Crippen molar-refractivity contribution in [1.29, 1.82) is 0 Å². The quantitative estimate of drug-likeness (QED) is 0.0608. The number of nitrogens with one attached hydrogen (secondary N) is 10. The Morgan fingerprint density at radius 2 is 0.575 bits per heavy atom. The van der Waals surface area contributed by atoms with Gasteiger partial charge >= 0.3 is 36.1 Å². The Kier molecular flexibility index (Phi) is 22.8. The molecule has 40 heteroatoms. The summed E-state index contributed by atoms with van der Waals surface area (Å²) in [6.45, 7) is 0. The lowest BCUT2D eigenvalue weighted by atomic mass is 9.98. The number of rotatable bonds is 10. The van der Waals surface area contributed by atoms with E-state index in [1.165, 1.54) is 155 Å². The Balaban J connectivity index is 0.000000101. The molecule has 10 aromatic rings. The van der Waals surface area contributed by atoms with E-state index in [0.29, 0.717) is 62.0 Å². The molecule has 32 nitrogen and oxygen atoms in total. The first-order valence-corrected chi connectivity index (χ1v) is 54.2. The van der Waals surface area contributed by atoms with E-state index in [-0.39, 0.29) is 37.3 Å². The van der Waals surface area contributed by atoms with E-state index in [1.807, 2.05) is 0 Å². The third kappa shape index (κ3) is 15.9. The topological polar surface area (TPSA) is 464 Å². The summed E-state index contributed by atoms with van der Waals surface area (Å²) in [7, 11) is -16.6. The Morgan fingerprint density at radius 3 is 0.948 bits per heavy atom. The minimum absolute atomic E-state index is 0.0318. The number of thiophene rings is 2. The van der Waals surface area contributed by atoms with Gasteiger partial charge in [0.15, 0.2) is 49.6 Å². The van der Waals surface area contributed by atoms with Gasteiger partial charge < -0.3 is 26.6 Å². The zero-order chi connectivity index (χ0) is 92.4. The van der Waals surface area contributed by atoms with Crippen molar-refractivity contribution in [2.75, 3.05) is 26.6 Å². The smallest absolute Gasteiger partial charge is 0.307 e. The van der Waals surface area contributed by atoms with Gasteiger partial charge in [0.1, 0.15) is 21.3 Å². The van der Waals surface area contributed by atoms with Crippen LogP contribution in [-0.2, 0) is 178 Å². The number of pyridine rings is 2. The second-order valence-corrected chi connectivity index (χ2v) is 46.3. The lowest BCUT2D eigenvalue weighted by Gasteiger charge is -2.18. The average Bonchev–Trinajstić information content (AvgIpc) is 1.55. The van der Waals surface area contributed by atoms with Gasteiger partial charge in [0.2, 0.25) is 0 Å². The van der Waals surface area contributed by atoms with Crippen molar-refractivity contribution in [3.05, 3.63) is 252 Å². The molecule has 25 rings (SSSR count). The monoisotopic (exact) mass is 1940 g/mol. The van der Waals surface area contributed by atoms with Crippen molar-refractivity contribution in [1.82, 2.24) is 33.6 Å². The predicted molar refractivity (Wildman–Crippen MR) is 503 cm³/mol. The lowest BCUT2D eigenvalue weighted by molar-refractivity contribution is 0.0993. The first-order chi connectivity index (χ1) is 64.7. The zero-order valence-electron chi connectivity index (χ0n) is 72.1. The molecule has 0 saturated carbocycles. The molecule has 4 aromatic heterocycles. The number of hydrogen-bond donors (Lipinski definition) is 10. The lowest BCUT2D eigenvalue weighted by Crippen LogP contribution is -2.34. The van der Waals surface area contributed by atoms with Crippen LogP contribution in [0.5, 0.6) is 0 Å². The van der Waals surface area contributed by atoms with Crippen molar-refractivity contribution in [3.8, 4) is 0 Å². The summed E-state index contributed by atoms with van der Waals surface area (Å²) < 4.78 is 111. The minimum atomic E-state index is -3.38. The van der Waals surface area contributed by atoms with Gasteiger partial charge in [-0.25, -0.2) is 78.0 Å². The zero-order valence-corrected chi connectivity index (χ0v) is 77.8. The summed E-state index contributed by atoms with van der Waals surface area (Å²) in [4.78, 5) is 133. The first kappa shape index (κ1) is 88.0. The van der Waals surface area contributed by atoms with E-state index < -0.39 is 109 Å². The number of anilines is 5. The van der Waals surface area contributed by atoms with Crippen LogP contribution in [0.3, 0.4) is 0 Å². The molecule has 0 saturated heterocycles. The normalized spacial score (nSPS) is 22.1. The Hall–Kier alpha value is -12.6. The van der Waals surface area contributed by atoms with E-state index >= 15 is 0 Å². The van der Waals surface area contributed by atoms with Gasteiger partial charge in [-0.2, -0.15) is 0 Å². The molecule has 15 amide bonds. The minimum Gasteiger partial charge on any atom is -0.307 e. The molecule has 15 aliphatic rings. The fraction of sp³-hybridized carbons (Fsp3) is 0.319. The number of halogens is 1. The van der Waals surface area contributed by atoms with Crippen LogP contribution in [0.25, 0.3) is 0 Å². The summed E-state index contributed by atoms with van der Waals surface area (Å²) in [6.07, 6.45) is 33.1. The molecule has 5 unspecified atom stereocenters. The van der Waals surface area contributed by atoms with Gasteiger partial charge in [0.05, 0.1) is 35.6 Å². The molecule has 0 spiro atoms. The van der Waals surface area contributed by atoms with E-state index in [1.54, 1.807) is 41.1 Å². The molecule has 5 aliphatic heterocycles. The standard InChI is InChI=1S/C20H18FN3O3S.2C19H18N4O3S.2C18H17N3O3S2/c21-17-11-6-3-8-13(11)18(14-9-4-7-12(14)17)22-20(26)24-28(27)16-10-2-1-5-15(16)19(25)23-28;24-18-17-15(8-3-9-20-17)27(26,22-18)23-19(25)21-16-13-6-1-4-11(13)10-12-5-2-7-14(12)16;24-18-15-7-8-20-10-16(15)27(26,22-18)23-19(25)21-17-13-5-1-3-11(13)9-12-4-2-6-14(12)17;2*22-17-16-14(7-8-25-16)26(24,20-17)21-18(23)19-15-12-5-1-3-10(12)9-11-4-2-6-13(11)15/h1-2,5,10H,3-4,6-9H2,(H2,22,23,24,25,26,27);3,8-10H,1-2,4-7H2,(H2,21,22,23,24,25,26);7-10H,1-6H2,(H2,21,22,23,24,25,26);2*7-9H,1-6H2,(H2,19,20,21,22,23,24). The predicted octanol–water partition coefficient (Wildman–Crippen LogP) is 16.0. The van der Waals surface area contributed by atoms with E-state index in [9.17, 15) is 73.4 Å². The Labute approximate surface area is 779 Å². The fourth-order valence-corrected chi connectivity index (χ4v) is 31.7. The fourth-order valence-electron chi connectivity index (χ4n) is 21.5.